The minimum atomic E-state index is -1.02. The van der Waals surface area contributed by atoms with Crippen LogP contribution in [-0.4, -0.2) is 44.5 Å². The second-order valence-corrected chi connectivity index (χ2v) is 6.16. The fourth-order valence-electron chi connectivity index (χ4n) is 3.07. The van der Waals surface area contributed by atoms with Gasteiger partial charge in [0.2, 0.25) is 5.91 Å². The number of carboxylic acid groups (broad SMARTS) is 1. The van der Waals surface area contributed by atoms with E-state index in [0.717, 1.165) is 4.57 Å². The molecule has 1 atom stereocenters. The molecule has 1 aliphatic rings. The molecule has 0 saturated carbocycles. The van der Waals surface area contributed by atoms with Gasteiger partial charge in [0.25, 0.3) is 5.56 Å². The predicted octanol–water partition coefficient (Wildman–Crippen LogP) is -0.114. The number of aliphatic carboxylic acids is 1. The monoisotopic (exact) mass is 335 g/mol. The predicted molar refractivity (Wildman–Crippen MR) is 86.7 cm³/mol. The van der Waals surface area contributed by atoms with Crippen LogP contribution < -0.4 is 11.2 Å². The van der Waals surface area contributed by atoms with Crippen molar-refractivity contribution in [2.45, 2.75) is 25.7 Å². The Morgan fingerprint density at radius 1 is 1.46 bits per heavy atom. The number of aromatic amines is 1. The summed E-state index contributed by atoms with van der Waals surface area (Å²) >= 11 is 0. The Labute approximate surface area is 138 Å². The molecule has 1 amide bonds. The molecule has 0 bridgehead atoms. The number of nitrogens with zero attached hydrogens (tertiary/aromatic N) is 2. The smallest absolute Gasteiger partial charge is 0.328 e. The number of nitrogens with one attached hydrogen (secondary N) is 1. The lowest BCUT2D eigenvalue weighted by Crippen LogP contribution is -2.50. The molecule has 8 heteroatoms. The van der Waals surface area contributed by atoms with E-state index in [1.807, 2.05) is 0 Å². The van der Waals surface area contributed by atoms with Crippen LogP contribution in [0.2, 0.25) is 0 Å². The van der Waals surface area contributed by atoms with Crippen LogP contribution in [0, 0.1) is 5.41 Å². The fourth-order valence-corrected chi connectivity index (χ4v) is 3.07. The molecule has 1 saturated heterocycles. The van der Waals surface area contributed by atoms with Crippen LogP contribution in [0.1, 0.15) is 24.8 Å². The summed E-state index contributed by atoms with van der Waals surface area (Å²) in [5.74, 6) is -1.27. The van der Waals surface area contributed by atoms with Crippen molar-refractivity contribution >= 4 is 11.9 Å². The second-order valence-electron chi connectivity index (χ2n) is 6.16. The fraction of sp³-hybridized carbons (Fsp3) is 0.500. The lowest BCUT2D eigenvalue weighted by molar-refractivity contribution is -0.154. The molecule has 0 unspecified atom stereocenters. The van der Waals surface area contributed by atoms with Gasteiger partial charge in [0.15, 0.2) is 0 Å². The van der Waals surface area contributed by atoms with Crippen LogP contribution in [0.4, 0.5) is 0 Å². The molecule has 1 aliphatic heterocycles. The summed E-state index contributed by atoms with van der Waals surface area (Å²) in [5, 5.41) is 9.54. The zero-order valence-corrected chi connectivity index (χ0v) is 13.6. The average molecular weight is 335 g/mol. The first-order chi connectivity index (χ1) is 11.3. The van der Waals surface area contributed by atoms with E-state index in [9.17, 15) is 24.3 Å². The van der Waals surface area contributed by atoms with Gasteiger partial charge in [0, 0.05) is 31.9 Å². The van der Waals surface area contributed by atoms with Gasteiger partial charge in [0.1, 0.15) is 0 Å². The number of allylic oxidation sites excluding steroid dienone is 1. The third-order valence-electron chi connectivity index (χ3n) is 4.51. The Bertz CT molecular complexity index is 779. The van der Waals surface area contributed by atoms with Crippen molar-refractivity contribution in [3.05, 3.63) is 45.3 Å². The molecule has 2 N–H and O–H groups in total. The van der Waals surface area contributed by atoms with Crippen LogP contribution >= 0.6 is 0 Å². The summed E-state index contributed by atoms with van der Waals surface area (Å²) in [5.41, 5.74) is -1.92. The molecule has 1 aromatic heterocycles. The first kappa shape index (κ1) is 17.7. The maximum Gasteiger partial charge on any atom is 0.328 e. The molecular formula is C16H21N3O5. The number of carboxylic acids is 1. The van der Waals surface area contributed by atoms with Gasteiger partial charge in [-0.2, -0.15) is 0 Å². The number of carbonyl (C=O) groups excluding carboxylic acids is 1. The van der Waals surface area contributed by atoms with Crippen LogP contribution in [-0.2, 0) is 23.1 Å². The molecule has 0 aromatic carbocycles. The van der Waals surface area contributed by atoms with E-state index in [-0.39, 0.29) is 30.9 Å². The van der Waals surface area contributed by atoms with E-state index >= 15 is 0 Å². The highest BCUT2D eigenvalue weighted by molar-refractivity contribution is 5.81. The summed E-state index contributed by atoms with van der Waals surface area (Å²) in [6.45, 7) is 4.15. The van der Waals surface area contributed by atoms with Gasteiger partial charge in [-0.25, -0.2) is 4.79 Å². The van der Waals surface area contributed by atoms with Crippen LogP contribution in [0.3, 0.4) is 0 Å². The normalized spacial score (nSPS) is 20.6. The molecule has 24 heavy (non-hydrogen) atoms. The van der Waals surface area contributed by atoms with Crippen molar-refractivity contribution in [3.8, 4) is 0 Å². The molecule has 130 valence electrons. The first-order valence-electron chi connectivity index (χ1n) is 7.70. The minimum Gasteiger partial charge on any atom is -0.481 e. The number of hydrogen-bond acceptors (Lipinski definition) is 4. The lowest BCUT2D eigenvalue weighted by Gasteiger charge is -2.39. The third kappa shape index (κ3) is 3.32. The largest absolute Gasteiger partial charge is 0.481 e. The van der Waals surface area contributed by atoms with E-state index in [1.54, 1.807) is 6.08 Å². The molecule has 0 radical (unpaired) electrons. The number of piperidine rings is 1. The van der Waals surface area contributed by atoms with Crippen LogP contribution in [0.15, 0.2) is 28.4 Å². The standard InChI is InChI=1S/C16H21N3O5/c1-3-5-16(14(22)23)6-4-7-19(10-16)12(20)8-11-9-17-15(24)18(2)13(11)21/h3,9H,1,4-8,10H2,2H3,(H,17,24)(H,22,23)/t16-/m1/s1. The van der Waals surface area contributed by atoms with Gasteiger partial charge < -0.3 is 15.0 Å². The number of amides is 1. The Hall–Kier alpha value is -2.64. The van der Waals surface area contributed by atoms with E-state index in [2.05, 4.69) is 11.6 Å². The summed E-state index contributed by atoms with van der Waals surface area (Å²) in [6, 6.07) is 0. The lowest BCUT2D eigenvalue weighted by atomic mass is 9.77. The maximum atomic E-state index is 12.5. The van der Waals surface area contributed by atoms with E-state index in [4.69, 9.17) is 0 Å². The Morgan fingerprint density at radius 3 is 2.79 bits per heavy atom. The summed E-state index contributed by atoms with van der Waals surface area (Å²) in [4.78, 5) is 51.4. The zero-order chi connectivity index (χ0) is 17.9. The van der Waals surface area contributed by atoms with Gasteiger partial charge in [-0.05, 0) is 19.3 Å². The molecule has 1 aromatic rings. The highest BCUT2D eigenvalue weighted by atomic mass is 16.4. The number of likely N-dealkylation sites (tertiary alicyclic amines) is 1. The van der Waals surface area contributed by atoms with Crippen LogP contribution in [0.5, 0.6) is 0 Å². The maximum absolute atomic E-state index is 12.5. The average Bonchev–Trinajstić information content (AvgIpc) is 2.55. The van der Waals surface area contributed by atoms with Gasteiger partial charge in [0.05, 0.1) is 11.8 Å². The van der Waals surface area contributed by atoms with Crippen molar-refractivity contribution in [3.63, 3.8) is 0 Å². The van der Waals surface area contributed by atoms with Gasteiger partial charge in [-0.15, -0.1) is 6.58 Å². The quantitative estimate of drug-likeness (QED) is 0.729. The van der Waals surface area contributed by atoms with E-state index in [1.165, 1.54) is 18.1 Å². The molecule has 0 spiro atoms. The topological polar surface area (TPSA) is 112 Å². The Morgan fingerprint density at radius 2 is 2.17 bits per heavy atom. The summed E-state index contributed by atoms with van der Waals surface area (Å²) in [7, 11) is 1.33. The van der Waals surface area contributed by atoms with Crippen LogP contribution in [0.25, 0.3) is 0 Å². The summed E-state index contributed by atoms with van der Waals surface area (Å²) < 4.78 is 0.901. The number of hydrogen-bond donors (Lipinski definition) is 2. The number of carbonyl (C=O) groups is 2. The molecule has 8 nitrogen and oxygen atoms in total. The highest BCUT2D eigenvalue weighted by Crippen LogP contribution is 2.34. The Balaban J connectivity index is 2.19. The van der Waals surface area contributed by atoms with Crippen molar-refractivity contribution in [2.75, 3.05) is 13.1 Å². The first-order valence-corrected chi connectivity index (χ1v) is 7.70. The Kier molecular flexibility index (Phi) is 5.06. The van der Waals surface area contributed by atoms with Crippen molar-refractivity contribution < 1.29 is 14.7 Å². The second kappa shape index (κ2) is 6.86. The van der Waals surface area contributed by atoms with Gasteiger partial charge >= 0.3 is 11.7 Å². The van der Waals surface area contributed by atoms with Gasteiger partial charge in [-0.3, -0.25) is 19.0 Å². The molecular weight excluding hydrogens is 314 g/mol. The van der Waals surface area contributed by atoms with Crippen molar-refractivity contribution in [1.82, 2.24) is 14.5 Å². The SMILES string of the molecule is C=CC[C@@]1(C(=O)O)CCCN(C(=O)Cc2c[nH]c(=O)n(C)c2=O)C1. The molecule has 1 fully saturated rings. The third-order valence-corrected chi connectivity index (χ3v) is 4.51. The minimum absolute atomic E-state index is 0.0941. The molecule has 2 rings (SSSR count). The molecule has 0 aliphatic carbocycles. The molecule has 2 heterocycles. The number of aromatic nitrogens is 2. The van der Waals surface area contributed by atoms with Crippen molar-refractivity contribution in [1.29, 1.82) is 0 Å². The summed E-state index contributed by atoms with van der Waals surface area (Å²) in [6.07, 6.45) is 3.97. The highest BCUT2D eigenvalue weighted by Gasteiger charge is 2.42. The zero-order valence-electron chi connectivity index (χ0n) is 13.6. The number of H-pyrrole nitrogens is 1. The van der Waals surface area contributed by atoms with E-state index < -0.39 is 22.6 Å². The van der Waals surface area contributed by atoms with Crippen molar-refractivity contribution in [2.24, 2.45) is 12.5 Å². The van der Waals surface area contributed by atoms with Gasteiger partial charge in [-0.1, -0.05) is 6.08 Å². The number of rotatable bonds is 5. The van der Waals surface area contributed by atoms with E-state index in [0.29, 0.717) is 19.4 Å².